The van der Waals surface area contributed by atoms with Crippen molar-refractivity contribution in [3.05, 3.63) is 28.7 Å². The van der Waals surface area contributed by atoms with E-state index in [1.807, 2.05) is 17.9 Å². The smallest absolute Gasteiger partial charge is 0.251 e. The normalized spacial score (nSPS) is 19.9. The van der Waals surface area contributed by atoms with Crippen molar-refractivity contribution in [3.63, 3.8) is 0 Å². The molecule has 1 aromatic heterocycles. The van der Waals surface area contributed by atoms with Crippen LogP contribution in [0.5, 0.6) is 0 Å². The molecule has 1 aliphatic heterocycles. The Hall–Kier alpha value is -1.20. The highest BCUT2D eigenvalue weighted by Gasteiger charge is 2.29. The van der Waals surface area contributed by atoms with Gasteiger partial charge < -0.3 is 9.64 Å². The summed E-state index contributed by atoms with van der Waals surface area (Å²) in [5.74, 6) is 0.476. The molecule has 1 aromatic rings. The summed E-state index contributed by atoms with van der Waals surface area (Å²) in [6.45, 7) is 9.78. The highest BCUT2D eigenvalue weighted by Crippen LogP contribution is 2.29. The molecule has 1 fully saturated rings. The number of thiazole rings is 1. The molecular formula is C17H26N2O2S. The number of hydrogen-bond acceptors (Lipinski definition) is 4. The van der Waals surface area contributed by atoms with Crippen LogP contribution < -0.4 is 0 Å². The first-order valence-corrected chi connectivity index (χ1v) is 8.99. The molecule has 2 heterocycles. The zero-order valence-electron chi connectivity index (χ0n) is 13.6. The van der Waals surface area contributed by atoms with Gasteiger partial charge in [-0.15, -0.1) is 17.9 Å². The van der Waals surface area contributed by atoms with Crippen molar-refractivity contribution in [1.29, 1.82) is 0 Å². The van der Waals surface area contributed by atoms with E-state index in [1.165, 1.54) is 5.01 Å². The van der Waals surface area contributed by atoms with Crippen molar-refractivity contribution in [2.45, 2.75) is 51.6 Å². The number of hydrogen-bond donors (Lipinski definition) is 0. The van der Waals surface area contributed by atoms with E-state index in [-0.39, 0.29) is 12.0 Å². The first kappa shape index (κ1) is 17.2. The van der Waals surface area contributed by atoms with Gasteiger partial charge in [0.05, 0.1) is 17.3 Å². The minimum atomic E-state index is -0.374. The summed E-state index contributed by atoms with van der Waals surface area (Å²) < 4.78 is 5.58. The Morgan fingerprint density at radius 3 is 3.18 bits per heavy atom. The second-order valence-corrected chi connectivity index (χ2v) is 6.63. The van der Waals surface area contributed by atoms with Gasteiger partial charge in [0.25, 0.3) is 5.91 Å². The quantitative estimate of drug-likeness (QED) is 0.571. The van der Waals surface area contributed by atoms with E-state index in [4.69, 9.17) is 4.74 Å². The van der Waals surface area contributed by atoms with Gasteiger partial charge in [-0.3, -0.25) is 4.79 Å². The summed E-state index contributed by atoms with van der Waals surface area (Å²) >= 11 is 1.73. The van der Waals surface area contributed by atoms with Crippen LogP contribution in [-0.4, -0.2) is 41.6 Å². The Morgan fingerprint density at radius 2 is 2.50 bits per heavy atom. The summed E-state index contributed by atoms with van der Waals surface area (Å²) in [6.07, 6.45) is 5.34. The minimum Gasteiger partial charge on any atom is -0.368 e. The predicted molar refractivity (Wildman–Crippen MR) is 90.3 cm³/mol. The van der Waals surface area contributed by atoms with Gasteiger partial charge in [0.2, 0.25) is 0 Å². The molecule has 0 unspecified atom stereocenters. The zero-order chi connectivity index (χ0) is 15.9. The van der Waals surface area contributed by atoms with E-state index in [2.05, 4.69) is 23.9 Å². The van der Waals surface area contributed by atoms with E-state index in [0.29, 0.717) is 12.5 Å². The molecule has 0 aliphatic carbocycles. The Balaban J connectivity index is 1.91. The lowest BCUT2D eigenvalue weighted by Gasteiger charge is -2.33. The third-order valence-electron chi connectivity index (χ3n) is 4.05. The number of carbonyl (C=O) groups excluding carboxylic acids is 1. The van der Waals surface area contributed by atoms with Crippen LogP contribution in [0.1, 0.15) is 49.7 Å². The van der Waals surface area contributed by atoms with Gasteiger partial charge in [0.15, 0.2) is 0 Å². The third-order valence-corrected chi connectivity index (χ3v) is 5.11. The predicted octanol–water partition coefficient (Wildman–Crippen LogP) is 3.39. The Labute approximate surface area is 137 Å². The van der Waals surface area contributed by atoms with Crippen LogP contribution in [0.25, 0.3) is 0 Å². The molecule has 1 saturated heterocycles. The number of piperidine rings is 1. The molecule has 2 atom stereocenters. The highest BCUT2D eigenvalue weighted by molar-refractivity contribution is 7.09. The SMILES string of the molecule is C=CCCO[C@@H](C)C(=O)N1CCC[C@H](c2nc(CC)cs2)C1. The molecule has 0 N–H and O–H groups in total. The maximum Gasteiger partial charge on any atom is 0.251 e. The molecule has 0 saturated carbocycles. The Bertz CT molecular complexity index is 501. The maximum absolute atomic E-state index is 12.5. The van der Waals surface area contributed by atoms with E-state index in [0.717, 1.165) is 44.5 Å². The van der Waals surface area contributed by atoms with Gasteiger partial charge in [-0.2, -0.15) is 0 Å². The molecule has 0 aromatic carbocycles. The molecule has 1 amide bonds. The van der Waals surface area contributed by atoms with Crippen molar-refractivity contribution in [3.8, 4) is 0 Å². The molecule has 2 rings (SSSR count). The van der Waals surface area contributed by atoms with Gasteiger partial charge >= 0.3 is 0 Å². The number of ether oxygens (including phenoxy) is 1. The van der Waals surface area contributed by atoms with Crippen LogP contribution >= 0.6 is 11.3 Å². The molecule has 22 heavy (non-hydrogen) atoms. The van der Waals surface area contributed by atoms with Crippen LogP contribution in [-0.2, 0) is 16.0 Å². The summed E-state index contributed by atoms with van der Waals surface area (Å²) in [7, 11) is 0. The molecule has 5 heteroatoms. The van der Waals surface area contributed by atoms with E-state index < -0.39 is 0 Å². The molecular weight excluding hydrogens is 296 g/mol. The lowest BCUT2D eigenvalue weighted by Crippen LogP contribution is -2.44. The molecule has 1 aliphatic rings. The molecule has 4 nitrogen and oxygen atoms in total. The van der Waals surface area contributed by atoms with E-state index in [9.17, 15) is 4.79 Å². The lowest BCUT2D eigenvalue weighted by molar-refractivity contribution is -0.143. The van der Waals surface area contributed by atoms with E-state index in [1.54, 1.807) is 11.3 Å². The number of aromatic nitrogens is 1. The van der Waals surface area contributed by atoms with Gasteiger partial charge in [-0.1, -0.05) is 13.0 Å². The zero-order valence-corrected chi connectivity index (χ0v) is 14.4. The van der Waals surface area contributed by atoms with Crippen molar-refractivity contribution < 1.29 is 9.53 Å². The number of rotatable bonds is 7. The minimum absolute atomic E-state index is 0.0982. The van der Waals surface area contributed by atoms with Gasteiger partial charge in [-0.25, -0.2) is 4.98 Å². The maximum atomic E-state index is 12.5. The van der Waals surface area contributed by atoms with Crippen LogP contribution in [0.2, 0.25) is 0 Å². The summed E-state index contributed by atoms with van der Waals surface area (Å²) in [6, 6.07) is 0. The highest BCUT2D eigenvalue weighted by atomic mass is 32.1. The van der Waals surface area contributed by atoms with Crippen LogP contribution in [0, 0.1) is 0 Å². The number of carbonyl (C=O) groups is 1. The molecule has 122 valence electrons. The Kier molecular flexibility index (Phi) is 6.58. The van der Waals surface area contributed by atoms with Crippen LogP contribution in [0.4, 0.5) is 0 Å². The number of nitrogens with zero attached hydrogens (tertiary/aromatic N) is 2. The first-order valence-electron chi connectivity index (χ1n) is 8.11. The van der Waals surface area contributed by atoms with Crippen LogP contribution in [0.3, 0.4) is 0 Å². The molecule has 0 radical (unpaired) electrons. The summed E-state index contributed by atoms with van der Waals surface area (Å²) in [5.41, 5.74) is 1.16. The number of likely N-dealkylation sites (tertiary alicyclic amines) is 1. The van der Waals surface area contributed by atoms with Crippen molar-refractivity contribution in [2.24, 2.45) is 0 Å². The van der Waals surface area contributed by atoms with Crippen LogP contribution in [0.15, 0.2) is 18.0 Å². The fraction of sp³-hybridized carbons (Fsp3) is 0.647. The van der Waals surface area contributed by atoms with Crippen molar-refractivity contribution >= 4 is 17.2 Å². The second kappa shape index (κ2) is 8.44. The van der Waals surface area contributed by atoms with Crippen molar-refractivity contribution in [2.75, 3.05) is 19.7 Å². The van der Waals surface area contributed by atoms with Crippen molar-refractivity contribution in [1.82, 2.24) is 9.88 Å². The Morgan fingerprint density at radius 1 is 1.68 bits per heavy atom. The van der Waals surface area contributed by atoms with E-state index >= 15 is 0 Å². The third kappa shape index (κ3) is 4.40. The monoisotopic (exact) mass is 322 g/mol. The van der Waals surface area contributed by atoms with Gasteiger partial charge in [0, 0.05) is 24.4 Å². The average Bonchev–Trinajstić information content (AvgIpc) is 3.03. The molecule has 0 spiro atoms. The topological polar surface area (TPSA) is 42.4 Å². The first-order chi connectivity index (χ1) is 10.7. The standard InChI is InChI=1S/C17H26N2O2S/c1-4-6-10-21-13(3)17(20)19-9-7-8-14(11-19)16-18-15(5-2)12-22-16/h4,12-14H,1,5-11H2,2-3H3/t13-,14-/m0/s1. The van der Waals surface area contributed by atoms with Gasteiger partial charge in [-0.05, 0) is 32.6 Å². The number of amides is 1. The largest absolute Gasteiger partial charge is 0.368 e. The number of aryl methyl sites for hydroxylation is 1. The molecule has 0 bridgehead atoms. The summed E-state index contributed by atoms with van der Waals surface area (Å²) in [4.78, 5) is 19.1. The average molecular weight is 322 g/mol. The second-order valence-electron chi connectivity index (χ2n) is 5.74. The fourth-order valence-corrected chi connectivity index (χ4v) is 3.74. The van der Waals surface area contributed by atoms with Gasteiger partial charge in [0.1, 0.15) is 6.10 Å². The lowest BCUT2D eigenvalue weighted by atomic mass is 9.98. The fourth-order valence-electron chi connectivity index (χ4n) is 2.71. The summed E-state index contributed by atoms with van der Waals surface area (Å²) in [5, 5.41) is 3.31.